The SMILES string of the molecule is O=S(=O)(O)Oc1ccc2ccccc2n1.O=S(=O)([O-])O.[K+]. The summed E-state index contributed by atoms with van der Waals surface area (Å²) in [6, 6.07) is 10.2. The van der Waals surface area contributed by atoms with Gasteiger partial charge in [0.15, 0.2) is 0 Å². The van der Waals surface area contributed by atoms with Crippen LogP contribution in [0.25, 0.3) is 10.9 Å². The Hall–Kier alpha value is -0.154. The molecule has 0 radical (unpaired) electrons. The van der Waals surface area contributed by atoms with E-state index in [1.807, 2.05) is 12.1 Å². The van der Waals surface area contributed by atoms with Gasteiger partial charge in [-0.3, -0.25) is 9.11 Å². The number of nitrogens with zero attached hydrogens (tertiary/aromatic N) is 1. The zero-order chi connectivity index (χ0) is 15.4. The van der Waals surface area contributed by atoms with Gasteiger partial charge in [0.05, 0.1) is 5.52 Å². The fraction of sp³-hybridized carbons (Fsp3) is 0. The second-order valence-corrected chi connectivity index (χ2v) is 5.16. The quantitative estimate of drug-likeness (QED) is 0.333. The molecule has 1 heterocycles. The predicted molar refractivity (Wildman–Crippen MR) is 66.2 cm³/mol. The van der Waals surface area contributed by atoms with Crippen molar-refractivity contribution < 1.29 is 86.1 Å². The van der Waals surface area contributed by atoms with Crippen LogP contribution < -0.4 is 55.6 Å². The maximum Gasteiger partial charge on any atom is 1.00 e. The fourth-order valence-corrected chi connectivity index (χ4v) is 1.51. The summed E-state index contributed by atoms with van der Waals surface area (Å²) in [6.45, 7) is 0. The van der Waals surface area contributed by atoms with Crippen molar-refractivity contribution in [2.75, 3.05) is 0 Å². The van der Waals surface area contributed by atoms with Crippen LogP contribution in [0.5, 0.6) is 5.88 Å². The molecular formula is C9H8KNO8S2. The monoisotopic (exact) mass is 361 g/mol. The second kappa shape index (κ2) is 8.47. The molecule has 0 aliphatic rings. The minimum absolute atomic E-state index is 0. The standard InChI is InChI=1S/C9H7NO4S.K.H2O4S/c11-15(12,13)14-9-6-5-7-3-1-2-4-8(7)10-9;;1-5(2,3)4/h1-6H,(H,11,12,13);;(H2,1,2,3,4)/q;+1;/p-1. The number of fused-ring (bicyclic) bond motifs is 1. The number of benzene rings is 1. The van der Waals surface area contributed by atoms with Gasteiger partial charge in [0.1, 0.15) is 0 Å². The molecule has 2 aromatic rings. The van der Waals surface area contributed by atoms with Crippen LogP contribution in [0, 0.1) is 0 Å². The van der Waals surface area contributed by atoms with E-state index in [4.69, 9.17) is 22.1 Å². The van der Waals surface area contributed by atoms with E-state index in [0.29, 0.717) is 5.52 Å². The third-order valence-electron chi connectivity index (χ3n) is 1.76. The summed E-state index contributed by atoms with van der Waals surface area (Å²) in [5, 5.41) is 0.861. The molecule has 1 aromatic heterocycles. The van der Waals surface area contributed by atoms with Crippen molar-refractivity contribution in [3.8, 4) is 5.88 Å². The molecule has 1 aromatic carbocycles. The Balaban J connectivity index is 0.000000583. The second-order valence-electron chi connectivity index (χ2n) is 3.28. The van der Waals surface area contributed by atoms with Crippen molar-refractivity contribution in [3.05, 3.63) is 36.4 Å². The van der Waals surface area contributed by atoms with Crippen molar-refractivity contribution in [2.45, 2.75) is 0 Å². The predicted octanol–water partition coefficient (Wildman–Crippen LogP) is -2.57. The van der Waals surface area contributed by atoms with Gasteiger partial charge < -0.3 is 8.74 Å². The van der Waals surface area contributed by atoms with E-state index < -0.39 is 20.8 Å². The molecule has 0 bridgehead atoms. The first-order valence-corrected chi connectivity index (χ1v) is 7.48. The molecule has 0 amide bonds. The van der Waals surface area contributed by atoms with Gasteiger partial charge in [-0.25, -0.2) is 13.4 Å². The van der Waals surface area contributed by atoms with Crippen molar-refractivity contribution in [1.29, 1.82) is 0 Å². The first-order chi connectivity index (χ1) is 9.04. The van der Waals surface area contributed by atoms with Gasteiger partial charge in [-0.2, -0.15) is 8.42 Å². The minimum atomic E-state index is -4.92. The van der Waals surface area contributed by atoms with Crippen molar-refractivity contribution in [1.82, 2.24) is 4.98 Å². The van der Waals surface area contributed by atoms with E-state index in [2.05, 4.69) is 9.17 Å². The normalized spacial score (nSPS) is 11.0. The number of hydrogen-bond donors (Lipinski definition) is 2. The minimum Gasteiger partial charge on any atom is -0.726 e. The van der Waals surface area contributed by atoms with Gasteiger partial charge >= 0.3 is 61.8 Å². The van der Waals surface area contributed by atoms with Crippen molar-refractivity contribution in [3.63, 3.8) is 0 Å². The zero-order valence-electron chi connectivity index (χ0n) is 10.6. The molecule has 9 nitrogen and oxygen atoms in total. The van der Waals surface area contributed by atoms with E-state index in [-0.39, 0.29) is 57.3 Å². The summed E-state index contributed by atoms with van der Waals surface area (Å²) in [6.07, 6.45) is 0. The summed E-state index contributed by atoms with van der Waals surface area (Å²) in [7, 11) is -9.42. The van der Waals surface area contributed by atoms with E-state index in [1.54, 1.807) is 18.2 Å². The van der Waals surface area contributed by atoms with Crippen molar-refractivity contribution >= 4 is 31.7 Å². The maximum atomic E-state index is 10.4. The van der Waals surface area contributed by atoms with Crippen LogP contribution in [-0.2, 0) is 20.8 Å². The van der Waals surface area contributed by atoms with Gasteiger partial charge in [0.2, 0.25) is 16.3 Å². The third kappa shape index (κ3) is 10.2. The average molecular weight is 361 g/mol. The first kappa shape index (κ1) is 20.8. The molecule has 2 rings (SSSR count). The van der Waals surface area contributed by atoms with Gasteiger partial charge in [0.25, 0.3) is 0 Å². The van der Waals surface area contributed by atoms with Crippen molar-refractivity contribution in [2.24, 2.45) is 0 Å². The first-order valence-electron chi connectivity index (χ1n) is 4.75. The molecule has 0 spiro atoms. The summed E-state index contributed by atoms with van der Waals surface area (Å²) in [4.78, 5) is 3.90. The Bertz CT molecular complexity index is 797. The van der Waals surface area contributed by atoms with E-state index >= 15 is 0 Å². The topological polar surface area (TPSA) is 154 Å². The fourth-order valence-electron chi connectivity index (χ4n) is 1.20. The summed E-state index contributed by atoms with van der Waals surface area (Å²) >= 11 is 0. The molecule has 110 valence electrons. The summed E-state index contributed by atoms with van der Waals surface area (Å²) < 4.78 is 66.4. The Kier molecular flexibility index (Phi) is 8.41. The molecule has 2 N–H and O–H groups in total. The molecule has 0 aliphatic carbocycles. The van der Waals surface area contributed by atoms with Gasteiger partial charge in [-0.15, -0.1) is 0 Å². The van der Waals surface area contributed by atoms with Crippen LogP contribution in [0.1, 0.15) is 0 Å². The van der Waals surface area contributed by atoms with Gasteiger partial charge in [0, 0.05) is 11.5 Å². The Labute approximate surface area is 163 Å². The van der Waals surface area contributed by atoms with Crippen LogP contribution in [0.3, 0.4) is 0 Å². The number of aromatic nitrogens is 1. The molecule has 0 saturated heterocycles. The zero-order valence-corrected chi connectivity index (χ0v) is 15.3. The summed E-state index contributed by atoms with van der Waals surface area (Å²) in [5.41, 5.74) is 0.596. The Morgan fingerprint density at radius 3 is 2.05 bits per heavy atom. The summed E-state index contributed by atoms with van der Waals surface area (Å²) in [5.74, 6) is -0.156. The number of para-hydroxylation sites is 1. The molecule has 0 fully saturated rings. The molecule has 12 heteroatoms. The van der Waals surface area contributed by atoms with Crippen LogP contribution in [0.2, 0.25) is 0 Å². The Morgan fingerprint density at radius 1 is 1.00 bits per heavy atom. The van der Waals surface area contributed by atoms with Crippen LogP contribution in [-0.4, -0.2) is 35.5 Å². The third-order valence-corrected chi connectivity index (χ3v) is 2.14. The van der Waals surface area contributed by atoms with Crippen LogP contribution >= 0.6 is 0 Å². The Morgan fingerprint density at radius 2 is 1.52 bits per heavy atom. The van der Waals surface area contributed by atoms with Gasteiger partial charge in [-0.05, 0) is 12.1 Å². The van der Waals surface area contributed by atoms with E-state index in [9.17, 15) is 8.42 Å². The van der Waals surface area contributed by atoms with Crippen LogP contribution in [0.4, 0.5) is 0 Å². The number of pyridine rings is 1. The van der Waals surface area contributed by atoms with Gasteiger partial charge in [-0.1, -0.05) is 18.2 Å². The van der Waals surface area contributed by atoms with Crippen LogP contribution in [0.15, 0.2) is 36.4 Å². The number of hydrogen-bond acceptors (Lipinski definition) is 7. The smallest absolute Gasteiger partial charge is 0.726 e. The van der Waals surface area contributed by atoms with E-state index in [1.165, 1.54) is 6.07 Å². The molecule has 0 aliphatic heterocycles. The molecule has 0 unspecified atom stereocenters. The largest absolute Gasteiger partial charge is 1.00 e. The maximum absolute atomic E-state index is 10.4. The number of rotatable bonds is 2. The molecule has 21 heavy (non-hydrogen) atoms. The molecule has 0 saturated carbocycles. The molecule has 0 atom stereocenters. The average Bonchev–Trinajstić information content (AvgIpc) is 2.24. The van der Waals surface area contributed by atoms with E-state index in [0.717, 1.165) is 5.39 Å². The molecular weight excluding hydrogens is 353 g/mol.